The summed E-state index contributed by atoms with van der Waals surface area (Å²) in [5.41, 5.74) is -2.43. The van der Waals surface area contributed by atoms with E-state index in [9.17, 15) is 58.7 Å². The maximum atomic E-state index is 13.0. The molecule has 2 aromatic rings. The van der Waals surface area contributed by atoms with E-state index in [1.807, 2.05) is 19.2 Å². The predicted octanol–water partition coefficient (Wildman–Crippen LogP) is 7.37. The molecule has 2 aromatic carbocycles. The number of fused-ring (bicyclic) bond motifs is 1. The fourth-order valence-corrected chi connectivity index (χ4v) is 10.7. The molecule has 3 aliphatic carbocycles. The fraction of sp³-hybridized carbons (Fsp3) is 0.556. The zero-order valence-corrected chi connectivity index (χ0v) is 41.2. The van der Waals surface area contributed by atoms with Crippen LogP contribution in [0, 0.1) is 46.2 Å². The number of sulfone groups is 1. The molecule has 0 radical (unpaired) electrons. The van der Waals surface area contributed by atoms with Gasteiger partial charge in [-0.1, -0.05) is 56.2 Å². The summed E-state index contributed by atoms with van der Waals surface area (Å²) in [6.07, 6.45) is 11.6. The zero-order valence-electron chi connectivity index (χ0n) is 36.7. The van der Waals surface area contributed by atoms with Crippen molar-refractivity contribution in [1.29, 1.82) is 5.26 Å². The molecule has 1 unspecified atom stereocenters. The minimum atomic E-state index is -4.86. The Morgan fingerprint density at radius 1 is 1.00 bits per heavy atom. The van der Waals surface area contributed by atoms with Crippen LogP contribution in [0.1, 0.15) is 104 Å². The van der Waals surface area contributed by atoms with Gasteiger partial charge in [0.1, 0.15) is 5.82 Å². The quantitative estimate of drug-likeness (QED) is 0.0613. The number of halogens is 4. The van der Waals surface area contributed by atoms with Gasteiger partial charge in [-0.15, -0.1) is 0 Å². The van der Waals surface area contributed by atoms with Gasteiger partial charge in [0.05, 0.1) is 45.7 Å². The predicted molar refractivity (Wildman–Crippen MR) is 232 cm³/mol. The van der Waals surface area contributed by atoms with Crippen molar-refractivity contribution >= 4 is 53.5 Å². The van der Waals surface area contributed by atoms with Crippen molar-refractivity contribution in [3.8, 4) is 6.07 Å². The molecule has 0 spiro atoms. The van der Waals surface area contributed by atoms with E-state index in [0.29, 0.717) is 48.5 Å². The van der Waals surface area contributed by atoms with Gasteiger partial charge < -0.3 is 25.7 Å². The molecule has 352 valence electrons. The standard InChI is InChI=1S/C27H44O3.C18H14F4N2O4S.As2O3/c1-18(8-9-19(2)26(3,4)30)24-12-13-25-21(7-6-14-27(24,25)5)11-10-20-15-22(28)17-23(29)16-20;1-17(26,10-29(27,28)14-6-3-12(19)4-7-14)16(25)24-13-5-2-11(9-23)15(8-13)18(20,21)22;3-1-5-2-4/h8-11,18-19,22-25,28-30H,6-7,12-17H2,1-5H3;2-8,26H,10H2,1H3,(H,24,25);/b9-8+,21-11+;;/t18-,19+,22-,23-,24-,25+,27-;;/m1../s1. The Hall–Kier alpha value is -3.19. The molecular formula is C45H58As2F4N2O10S. The number of anilines is 1. The Kier molecular flexibility index (Phi) is 20.2. The fourth-order valence-electron chi connectivity index (χ4n) is 8.78. The number of rotatable bonds is 12. The number of hydrogen-bond acceptors (Lipinski definition) is 11. The molecule has 0 aromatic heterocycles. The molecule has 64 heavy (non-hydrogen) atoms. The molecule has 19 heteroatoms. The second kappa shape index (κ2) is 23.5. The Bertz CT molecular complexity index is 2170. The Morgan fingerprint density at radius 3 is 2.14 bits per heavy atom. The number of allylic oxidation sites excluding steroid dienone is 4. The number of nitrogens with one attached hydrogen (secondary N) is 1. The minimum absolute atomic E-state index is 0.152. The molecule has 0 aliphatic heterocycles. The number of aliphatic hydroxyl groups is 4. The van der Waals surface area contributed by atoms with Crippen LogP contribution in [-0.4, -0.2) is 96.0 Å². The molecule has 12 nitrogen and oxygen atoms in total. The van der Waals surface area contributed by atoms with Crippen LogP contribution >= 0.6 is 0 Å². The Morgan fingerprint density at radius 2 is 1.61 bits per heavy atom. The molecule has 5 N–H and O–H groups in total. The second-order valence-electron chi connectivity index (χ2n) is 17.8. The van der Waals surface area contributed by atoms with Gasteiger partial charge in [0.2, 0.25) is 0 Å². The number of aliphatic hydroxyl groups excluding tert-OH is 2. The van der Waals surface area contributed by atoms with Crippen molar-refractivity contribution in [2.75, 3.05) is 11.1 Å². The summed E-state index contributed by atoms with van der Waals surface area (Å²) in [5.74, 6) is -1.06. The van der Waals surface area contributed by atoms with Gasteiger partial charge in [0.15, 0.2) is 15.4 Å². The first kappa shape index (κ1) is 55.1. The van der Waals surface area contributed by atoms with E-state index in [1.54, 1.807) is 5.57 Å². The van der Waals surface area contributed by atoms with Crippen LogP contribution < -0.4 is 5.32 Å². The van der Waals surface area contributed by atoms with Crippen molar-refractivity contribution in [3.05, 3.63) is 94.9 Å². The molecule has 0 heterocycles. The van der Waals surface area contributed by atoms with Crippen molar-refractivity contribution in [3.63, 3.8) is 0 Å². The third-order valence-electron chi connectivity index (χ3n) is 12.5. The first-order valence-corrected chi connectivity index (χ1v) is 25.5. The number of carbonyl (C=O) groups is 1. The van der Waals surface area contributed by atoms with Crippen LogP contribution in [0.2, 0.25) is 0 Å². The summed E-state index contributed by atoms with van der Waals surface area (Å²) in [5, 5.41) is 51.2. The average Bonchev–Trinajstić information content (AvgIpc) is 3.56. The van der Waals surface area contributed by atoms with Gasteiger partial charge in [-0.25, -0.2) is 12.8 Å². The monoisotopic (exact) mass is 1040 g/mol. The Balaban J connectivity index is 0.000000308. The van der Waals surface area contributed by atoms with Crippen LogP contribution in [0.5, 0.6) is 0 Å². The number of benzene rings is 2. The number of hydrogen-bond donors (Lipinski definition) is 5. The molecule has 3 fully saturated rings. The molecule has 8 atom stereocenters. The topological polar surface area (TPSA) is 211 Å². The third kappa shape index (κ3) is 15.7. The Labute approximate surface area is 386 Å². The molecule has 1 amide bonds. The number of carbonyl (C=O) groups excluding carboxylic acids is 1. The average molecular weight is 1040 g/mol. The van der Waals surface area contributed by atoms with E-state index in [0.717, 1.165) is 43.3 Å². The summed E-state index contributed by atoms with van der Waals surface area (Å²) < 4.78 is 99.0. The van der Waals surface area contributed by atoms with Gasteiger partial charge >= 0.3 is 48.4 Å². The van der Waals surface area contributed by atoms with E-state index in [4.69, 9.17) is 5.26 Å². The van der Waals surface area contributed by atoms with Crippen LogP contribution in [0.3, 0.4) is 0 Å². The van der Waals surface area contributed by atoms with Crippen molar-refractivity contribution in [2.24, 2.45) is 29.1 Å². The van der Waals surface area contributed by atoms with E-state index >= 15 is 0 Å². The summed E-state index contributed by atoms with van der Waals surface area (Å²) in [6.45, 7) is 11.6. The number of amides is 1. The molecule has 0 bridgehead atoms. The van der Waals surface area contributed by atoms with Gasteiger partial charge in [-0.05, 0) is 138 Å². The SMILES string of the molecule is CC(O)(CS(=O)(=O)c1ccc(F)cc1)C(=O)Nc1ccc(C#N)c(C(F)(F)F)c1.C[C@H](/C=C/[C@H](C)C(C)(C)O)[C@H]1CC[C@H]2/C(=C/C=C3C[C@@H](O)C[C@H](O)C3)CCC[C@]12C.O=[As]O[As]=O. The first-order valence-electron chi connectivity index (χ1n) is 20.8. The van der Waals surface area contributed by atoms with Crippen LogP contribution in [-0.2, 0) is 31.0 Å². The zero-order chi connectivity index (χ0) is 48.3. The molecule has 0 saturated heterocycles. The van der Waals surface area contributed by atoms with Gasteiger partial charge in [0, 0.05) is 11.6 Å². The number of nitrogens with zero attached hydrogens (tertiary/aromatic N) is 1. The van der Waals surface area contributed by atoms with Crippen LogP contribution in [0.15, 0.2) is 82.8 Å². The van der Waals surface area contributed by atoms with Gasteiger partial charge in [-0.2, -0.15) is 18.4 Å². The summed E-state index contributed by atoms with van der Waals surface area (Å²) in [6, 6.07) is 7.40. The van der Waals surface area contributed by atoms with Crippen molar-refractivity contribution < 1.29 is 61.4 Å². The van der Waals surface area contributed by atoms with E-state index < -0.39 is 100 Å². The van der Waals surface area contributed by atoms with E-state index in [1.165, 1.54) is 43.7 Å². The third-order valence-corrected chi connectivity index (χ3v) is 16.1. The normalized spacial score (nSPS) is 25.2. The molecular weight excluding hydrogens is 986 g/mol. The molecule has 5 rings (SSSR count). The van der Waals surface area contributed by atoms with E-state index in [-0.39, 0.29) is 16.5 Å². The van der Waals surface area contributed by atoms with Gasteiger partial charge in [0.25, 0.3) is 5.91 Å². The van der Waals surface area contributed by atoms with Gasteiger partial charge in [-0.3, -0.25) is 4.79 Å². The van der Waals surface area contributed by atoms with E-state index in [2.05, 4.69) is 47.8 Å². The van der Waals surface area contributed by atoms with Crippen molar-refractivity contribution in [1.82, 2.24) is 0 Å². The van der Waals surface area contributed by atoms with Crippen molar-refractivity contribution in [2.45, 2.75) is 127 Å². The number of nitriles is 1. The number of alkyl halides is 3. The molecule has 3 saturated carbocycles. The summed E-state index contributed by atoms with van der Waals surface area (Å²) in [7, 11) is -4.21. The summed E-state index contributed by atoms with van der Waals surface area (Å²) >= 11 is -2.61. The molecule has 3 aliphatic rings. The second-order valence-corrected chi connectivity index (χ2v) is 22.6. The maximum absolute atomic E-state index is 13.0. The van der Waals surface area contributed by atoms with Crippen LogP contribution in [0.4, 0.5) is 23.2 Å². The summed E-state index contributed by atoms with van der Waals surface area (Å²) in [4.78, 5) is 11.9. The first-order chi connectivity index (χ1) is 29.7. The van der Waals surface area contributed by atoms with Crippen LogP contribution in [0.25, 0.3) is 0 Å².